The van der Waals surface area contributed by atoms with Crippen LogP contribution in [0.5, 0.6) is 11.5 Å². The number of hydrogen-bond acceptors (Lipinski definition) is 4. The highest BCUT2D eigenvalue weighted by Gasteiger charge is 2.15. The second kappa shape index (κ2) is 3.13. The summed E-state index contributed by atoms with van der Waals surface area (Å²) < 4.78 is 4.33. The molecule has 0 saturated carbocycles. The van der Waals surface area contributed by atoms with E-state index in [1.807, 2.05) is 0 Å². The number of phenolic OH excluding ortho intramolecular Hbond substituents is 2. The smallest absolute Gasteiger partial charge is 0.345 e. The minimum atomic E-state index is -0.779. The third-order valence-corrected chi connectivity index (χ3v) is 1.34. The van der Waals surface area contributed by atoms with Gasteiger partial charge in [0.05, 0.1) is 7.11 Å². The first-order chi connectivity index (χ1) is 5.66. The van der Waals surface area contributed by atoms with Gasteiger partial charge in [-0.15, -0.1) is 0 Å². The average Bonchev–Trinajstić information content (AvgIpc) is 2.03. The van der Waals surface area contributed by atoms with E-state index in [0.717, 1.165) is 7.11 Å². The third-order valence-electron chi connectivity index (χ3n) is 1.34. The molecule has 0 heterocycles. The molecule has 1 rings (SSSR count). The minimum absolute atomic E-state index is 0.240. The van der Waals surface area contributed by atoms with Crippen LogP contribution in [0.2, 0.25) is 0 Å². The molecular weight excluding hydrogens is 160 g/mol. The Kier molecular flexibility index (Phi) is 2.19. The number of aromatic hydroxyl groups is 2. The quantitative estimate of drug-likeness (QED) is 0.603. The molecule has 0 fully saturated rings. The number of esters is 1. The van der Waals surface area contributed by atoms with Crippen molar-refractivity contribution in [3.05, 3.63) is 23.8 Å². The predicted octanol–water partition coefficient (Wildman–Crippen LogP) is 0.685. The normalized spacial score (nSPS) is 9.42. The highest BCUT2D eigenvalue weighted by Crippen LogP contribution is 2.26. The summed E-state index contributed by atoms with van der Waals surface area (Å²) in [6.45, 7) is 0. The average molecular weight is 167 g/mol. The summed E-state index contributed by atoms with van der Waals surface area (Å²) in [5.41, 5.74) is -0.240. The van der Waals surface area contributed by atoms with E-state index >= 15 is 0 Å². The molecule has 0 amide bonds. The van der Waals surface area contributed by atoms with E-state index in [1.165, 1.54) is 12.1 Å². The van der Waals surface area contributed by atoms with E-state index in [9.17, 15) is 4.79 Å². The van der Waals surface area contributed by atoms with Crippen molar-refractivity contribution in [1.29, 1.82) is 0 Å². The summed E-state index contributed by atoms with van der Waals surface area (Å²) in [6.07, 6.45) is 0. The maximum absolute atomic E-state index is 10.9. The number of benzene rings is 1. The van der Waals surface area contributed by atoms with Crippen LogP contribution in [0.15, 0.2) is 12.1 Å². The molecule has 0 aliphatic carbocycles. The van der Waals surface area contributed by atoms with Crippen molar-refractivity contribution in [2.45, 2.75) is 0 Å². The lowest BCUT2D eigenvalue weighted by Crippen LogP contribution is -2.01. The molecule has 0 aliphatic rings. The van der Waals surface area contributed by atoms with Crippen LogP contribution in [-0.2, 0) is 4.74 Å². The van der Waals surface area contributed by atoms with Crippen LogP contribution >= 0.6 is 0 Å². The lowest BCUT2D eigenvalue weighted by molar-refractivity contribution is 0.0594. The molecule has 1 aromatic carbocycles. The van der Waals surface area contributed by atoms with Gasteiger partial charge in [-0.2, -0.15) is 0 Å². The zero-order valence-electron chi connectivity index (χ0n) is 6.37. The molecule has 0 aliphatic heterocycles. The molecule has 1 aromatic rings. The largest absolute Gasteiger partial charge is 0.507 e. The van der Waals surface area contributed by atoms with Crippen LogP contribution in [0, 0.1) is 6.07 Å². The number of carbonyl (C=O) groups is 1. The van der Waals surface area contributed by atoms with Crippen molar-refractivity contribution in [1.82, 2.24) is 0 Å². The first kappa shape index (κ1) is 8.39. The van der Waals surface area contributed by atoms with Gasteiger partial charge in [0.15, 0.2) is 0 Å². The molecule has 4 nitrogen and oxygen atoms in total. The number of rotatable bonds is 1. The Morgan fingerprint density at radius 1 is 1.42 bits per heavy atom. The van der Waals surface area contributed by atoms with Crippen molar-refractivity contribution in [3.8, 4) is 11.5 Å². The van der Waals surface area contributed by atoms with E-state index in [1.54, 1.807) is 0 Å². The molecule has 0 saturated heterocycles. The van der Waals surface area contributed by atoms with Gasteiger partial charge in [-0.1, -0.05) is 0 Å². The monoisotopic (exact) mass is 167 g/mol. The van der Waals surface area contributed by atoms with Gasteiger partial charge in [-0.25, -0.2) is 4.79 Å². The lowest BCUT2D eigenvalue weighted by atomic mass is 10.2. The number of ether oxygens (including phenoxy) is 1. The summed E-state index contributed by atoms with van der Waals surface area (Å²) in [4.78, 5) is 10.9. The summed E-state index contributed by atoms with van der Waals surface area (Å²) in [5, 5.41) is 18.2. The molecule has 2 N–H and O–H groups in total. The summed E-state index contributed by atoms with van der Waals surface area (Å²) in [6, 6.07) is 4.79. The van der Waals surface area contributed by atoms with E-state index in [0.29, 0.717) is 0 Å². The zero-order chi connectivity index (χ0) is 9.14. The Hall–Kier alpha value is -1.71. The Bertz CT molecular complexity index is 286. The van der Waals surface area contributed by atoms with Crippen LogP contribution in [0.4, 0.5) is 0 Å². The minimum Gasteiger partial charge on any atom is -0.507 e. The Morgan fingerprint density at radius 2 is 1.92 bits per heavy atom. The first-order valence-corrected chi connectivity index (χ1v) is 3.17. The Labute approximate surface area is 69.0 Å². The van der Waals surface area contributed by atoms with Gasteiger partial charge in [0, 0.05) is 0 Å². The van der Waals surface area contributed by atoms with Gasteiger partial charge in [-0.3, -0.25) is 0 Å². The topological polar surface area (TPSA) is 66.8 Å². The fourth-order valence-electron chi connectivity index (χ4n) is 0.786. The van der Waals surface area contributed by atoms with Gasteiger partial charge in [0.25, 0.3) is 0 Å². The standard InChI is InChI=1S/C8H7O4/c1-12-8(11)7-5(9)3-2-4-6(7)10/h3-4,9-10H,1H3. The molecule has 0 aromatic heterocycles. The molecule has 4 heteroatoms. The lowest BCUT2D eigenvalue weighted by Gasteiger charge is -2.03. The van der Waals surface area contributed by atoms with Crippen molar-refractivity contribution in [2.24, 2.45) is 0 Å². The fourth-order valence-corrected chi connectivity index (χ4v) is 0.786. The van der Waals surface area contributed by atoms with Gasteiger partial charge in [0.2, 0.25) is 0 Å². The molecule has 0 unspecified atom stereocenters. The summed E-state index contributed by atoms with van der Waals surface area (Å²) in [5.74, 6) is -1.47. The number of phenols is 2. The Balaban J connectivity index is 3.21. The second-order valence-electron chi connectivity index (χ2n) is 2.09. The molecule has 12 heavy (non-hydrogen) atoms. The maximum Gasteiger partial charge on any atom is 0.345 e. The van der Waals surface area contributed by atoms with E-state index < -0.39 is 5.97 Å². The molecule has 0 atom stereocenters. The highest BCUT2D eigenvalue weighted by molar-refractivity contribution is 5.95. The maximum atomic E-state index is 10.9. The van der Waals surface area contributed by atoms with Gasteiger partial charge in [-0.05, 0) is 18.2 Å². The summed E-state index contributed by atoms with van der Waals surface area (Å²) >= 11 is 0. The summed E-state index contributed by atoms with van der Waals surface area (Å²) in [7, 11) is 1.16. The van der Waals surface area contributed by atoms with Gasteiger partial charge in [0.1, 0.15) is 17.1 Å². The molecule has 63 valence electrons. The van der Waals surface area contributed by atoms with Crippen molar-refractivity contribution in [2.75, 3.05) is 7.11 Å². The predicted molar refractivity (Wildman–Crippen MR) is 39.9 cm³/mol. The second-order valence-corrected chi connectivity index (χ2v) is 2.09. The molecule has 0 spiro atoms. The number of carbonyl (C=O) groups excluding carboxylic acids is 1. The van der Waals surface area contributed by atoms with E-state index in [-0.39, 0.29) is 17.1 Å². The SMILES string of the molecule is COC(=O)c1c(O)c[c]cc1O. The van der Waals surface area contributed by atoms with Crippen molar-refractivity contribution in [3.63, 3.8) is 0 Å². The molecule has 0 bridgehead atoms. The van der Waals surface area contributed by atoms with Crippen LogP contribution in [0.3, 0.4) is 0 Å². The van der Waals surface area contributed by atoms with Gasteiger partial charge < -0.3 is 14.9 Å². The van der Waals surface area contributed by atoms with Crippen LogP contribution in [0.25, 0.3) is 0 Å². The highest BCUT2D eigenvalue weighted by atomic mass is 16.5. The van der Waals surface area contributed by atoms with Crippen molar-refractivity contribution < 1.29 is 19.7 Å². The molecule has 1 radical (unpaired) electrons. The first-order valence-electron chi connectivity index (χ1n) is 3.17. The van der Waals surface area contributed by atoms with Crippen molar-refractivity contribution >= 4 is 5.97 Å². The molecular formula is C8H7O4. The number of hydrogen-bond donors (Lipinski definition) is 2. The number of methoxy groups -OCH3 is 1. The van der Waals surface area contributed by atoms with E-state index in [4.69, 9.17) is 10.2 Å². The Morgan fingerprint density at radius 3 is 2.33 bits per heavy atom. The zero-order valence-corrected chi connectivity index (χ0v) is 6.37. The van der Waals surface area contributed by atoms with Crippen LogP contribution in [-0.4, -0.2) is 23.3 Å². The third kappa shape index (κ3) is 1.32. The van der Waals surface area contributed by atoms with Crippen LogP contribution in [0.1, 0.15) is 10.4 Å². The van der Waals surface area contributed by atoms with E-state index in [2.05, 4.69) is 10.8 Å². The van der Waals surface area contributed by atoms with Gasteiger partial charge >= 0.3 is 5.97 Å². The fraction of sp³-hybridized carbons (Fsp3) is 0.125. The van der Waals surface area contributed by atoms with Crippen LogP contribution < -0.4 is 0 Å².